The molecule has 0 spiro atoms. The Hall–Kier alpha value is -2.96. The summed E-state index contributed by atoms with van der Waals surface area (Å²) in [5.74, 6) is 2.74. The standard InChI is InChI=1S/C21H27N3O4/c1-14-7-9-24(10-8-14)19-6-5-16(13-22-19)23-21(25)15-11-17(26-2)20(28-4)18(12-15)27-3/h5-6,11-14H,7-10H2,1-4H3,(H,23,25). The number of benzene rings is 1. The third kappa shape index (κ3) is 4.30. The molecular weight excluding hydrogens is 358 g/mol. The molecule has 1 aromatic carbocycles. The number of pyridine rings is 1. The van der Waals surface area contributed by atoms with Crippen LogP contribution in [0.15, 0.2) is 30.5 Å². The highest BCUT2D eigenvalue weighted by Gasteiger charge is 2.18. The van der Waals surface area contributed by atoms with E-state index in [4.69, 9.17) is 14.2 Å². The molecule has 1 fully saturated rings. The van der Waals surface area contributed by atoms with E-state index in [1.807, 2.05) is 12.1 Å². The maximum atomic E-state index is 12.7. The van der Waals surface area contributed by atoms with Gasteiger partial charge < -0.3 is 24.4 Å². The number of hydrogen-bond acceptors (Lipinski definition) is 6. The minimum atomic E-state index is -0.277. The van der Waals surface area contributed by atoms with Crippen molar-refractivity contribution in [1.29, 1.82) is 0 Å². The summed E-state index contributed by atoms with van der Waals surface area (Å²) < 4.78 is 15.9. The first-order valence-corrected chi connectivity index (χ1v) is 9.38. The lowest BCUT2D eigenvalue weighted by Gasteiger charge is -2.31. The molecule has 0 radical (unpaired) electrons. The molecule has 1 amide bonds. The van der Waals surface area contributed by atoms with Gasteiger partial charge in [0.2, 0.25) is 5.75 Å². The lowest BCUT2D eigenvalue weighted by Crippen LogP contribution is -2.33. The van der Waals surface area contributed by atoms with E-state index < -0.39 is 0 Å². The number of nitrogens with zero attached hydrogens (tertiary/aromatic N) is 2. The molecule has 0 saturated carbocycles. The third-order valence-corrected chi connectivity index (χ3v) is 5.04. The van der Waals surface area contributed by atoms with Crippen molar-refractivity contribution in [2.24, 2.45) is 5.92 Å². The molecular formula is C21H27N3O4. The lowest BCUT2D eigenvalue weighted by molar-refractivity contribution is 0.102. The molecule has 0 unspecified atom stereocenters. The van der Waals surface area contributed by atoms with Crippen LogP contribution >= 0.6 is 0 Å². The number of amides is 1. The molecule has 150 valence electrons. The fourth-order valence-electron chi connectivity index (χ4n) is 3.30. The van der Waals surface area contributed by atoms with E-state index in [0.29, 0.717) is 28.5 Å². The molecule has 2 heterocycles. The van der Waals surface area contributed by atoms with Crippen LogP contribution < -0.4 is 24.4 Å². The number of hydrogen-bond donors (Lipinski definition) is 1. The molecule has 0 bridgehead atoms. The molecule has 1 aliphatic heterocycles. The summed E-state index contributed by atoms with van der Waals surface area (Å²) in [6.07, 6.45) is 4.05. The van der Waals surface area contributed by atoms with Crippen LogP contribution in [0.2, 0.25) is 0 Å². The topological polar surface area (TPSA) is 72.9 Å². The van der Waals surface area contributed by atoms with Crippen molar-refractivity contribution in [3.8, 4) is 17.2 Å². The number of aromatic nitrogens is 1. The summed E-state index contributed by atoms with van der Waals surface area (Å²) in [7, 11) is 4.56. The molecule has 1 N–H and O–H groups in total. The van der Waals surface area contributed by atoms with Gasteiger partial charge in [-0.15, -0.1) is 0 Å². The average Bonchev–Trinajstić information content (AvgIpc) is 2.73. The van der Waals surface area contributed by atoms with Gasteiger partial charge >= 0.3 is 0 Å². The van der Waals surface area contributed by atoms with Crippen molar-refractivity contribution in [3.63, 3.8) is 0 Å². The largest absolute Gasteiger partial charge is 0.493 e. The minimum absolute atomic E-state index is 0.277. The number of carbonyl (C=O) groups excluding carboxylic acids is 1. The maximum absolute atomic E-state index is 12.7. The van der Waals surface area contributed by atoms with E-state index in [1.165, 1.54) is 34.2 Å². The summed E-state index contributed by atoms with van der Waals surface area (Å²) in [6.45, 7) is 4.32. The van der Waals surface area contributed by atoms with Crippen molar-refractivity contribution < 1.29 is 19.0 Å². The summed E-state index contributed by atoms with van der Waals surface area (Å²) >= 11 is 0. The Labute approximate surface area is 165 Å². The molecule has 7 heteroatoms. The van der Waals surface area contributed by atoms with Gasteiger partial charge in [0.1, 0.15) is 5.82 Å². The first-order chi connectivity index (χ1) is 13.5. The van der Waals surface area contributed by atoms with Crippen LogP contribution in [-0.2, 0) is 0 Å². The van der Waals surface area contributed by atoms with E-state index in [2.05, 4.69) is 22.1 Å². The van der Waals surface area contributed by atoms with Crippen LogP contribution in [0.1, 0.15) is 30.1 Å². The van der Waals surface area contributed by atoms with Gasteiger partial charge in [-0.3, -0.25) is 4.79 Å². The van der Waals surface area contributed by atoms with Crippen molar-refractivity contribution in [1.82, 2.24) is 4.98 Å². The zero-order chi connectivity index (χ0) is 20.1. The van der Waals surface area contributed by atoms with E-state index in [-0.39, 0.29) is 5.91 Å². The van der Waals surface area contributed by atoms with E-state index >= 15 is 0 Å². The average molecular weight is 385 g/mol. The van der Waals surface area contributed by atoms with Gasteiger partial charge in [-0.05, 0) is 43.0 Å². The molecule has 1 aliphatic rings. The summed E-state index contributed by atoms with van der Waals surface area (Å²) in [4.78, 5) is 19.5. The van der Waals surface area contributed by atoms with Gasteiger partial charge in [0, 0.05) is 18.7 Å². The van der Waals surface area contributed by atoms with Crippen molar-refractivity contribution in [2.75, 3.05) is 44.6 Å². The van der Waals surface area contributed by atoms with E-state index in [1.54, 1.807) is 18.3 Å². The summed E-state index contributed by atoms with van der Waals surface area (Å²) in [5.41, 5.74) is 1.04. The Bertz CT molecular complexity index is 790. The predicted octanol–water partition coefficient (Wildman–Crippen LogP) is 3.60. The Morgan fingerprint density at radius 2 is 1.71 bits per heavy atom. The molecule has 28 heavy (non-hydrogen) atoms. The first kappa shape index (κ1) is 19.8. The molecule has 0 atom stereocenters. The molecule has 3 rings (SSSR count). The Morgan fingerprint density at radius 1 is 1.07 bits per heavy atom. The van der Waals surface area contributed by atoms with Crippen LogP contribution in [0.3, 0.4) is 0 Å². The van der Waals surface area contributed by atoms with Crippen LogP contribution in [0.4, 0.5) is 11.5 Å². The number of nitrogens with one attached hydrogen (secondary N) is 1. The van der Waals surface area contributed by atoms with E-state index in [9.17, 15) is 4.79 Å². The van der Waals surface area contributed by atoms with Gasteiger partial charge in [-0.25, -0.2) is 4.98 Å². The van der Waals surface area contributed by atoms with Crippen molar-refractivity contribution >= 4 is 17.4 Å². The second kappa shape index (κ2) is 8.82. The number of anilines is 2. The summed E-state index contributed by atoms with van der Waals surface area (Å²) in [6, 6.07) is 7.05. The second-order valence-corrected chi connectivity index (χ2v) is 6.94. The number of methoxy groups -OCH3 is 3. The number of rotatable bonds is 6. The molecule has 7 nitrogen and oxygen atoms in total. The van der Waals surface area contributed by atoms with Gasteiger partial charge in [0.15, 0.2) is 11.5 Å². The minimum Gasteiger partial charge on any atom is -0.493 e. The molecule has 2 aromatic rings. The van der Waals surface area contributed by atoms with Gasteiger partial charge in [-0.1, -0.05) is 6.92 Å². The predicted molar refractivity (Wildman–Crippen MR) is 109 cm³/mol. The monoisotopic (exact) mass is 385 g/mol. The highest BCUT2D eigenvalue weighted by Crippen LogP contribution is 2.38. The first-order valence-electron chi connectivity index (χ1n) is 9.38. The fraction of sp³-hybridized carbons (Fsp3) is 0.429. The Morgan fingerprint density at radius 3 is 2.21 bits per heavy atom. The lowest BCUT2D eigenvalue weighted by atomic mass is 9.99. The van der Waals surface area contributed by atoms with Crippen LogP contribution in [0.25, 0.3) is 0 Å². The zero-order valence-electron chi connectivity index (χ0n) is 16.8. The smallest absolute Gasteiger partial charge is 0.255 e. The van der Waals surface area contributed by atoms with Crippen LogP contribution in [0.5, 0.6) is 17.2 Å². The normalized spacial score (nSPS) is 14.5. The van der Waals surface area contributed by atoms with E-state index in [0.717, 1.165) is 24.8 Å². The third-order valence-electron chi connectivity index (χ3n) is 5.04. The summed E-state index contributed by atoms with van der Waals surface area (Å²) in [5, 5.41) is 2.86. The molecule has 1 saturated heterocycles. The van der Waals surface area contributed by atoms with Crippen molar-refractivity contribution in [3.05, 3.63) is 36.0 Å². The Kier molecular flexibility index (Phi) is 6.23. The maximum Gasteiger partial charge on any atom is 0.255 e. The number of carbonyl (C=O) groups is 1. The van der Waals surface area contributed by atoms with Gasteiger partial charge in [0.05, 0.1) is 33.2 Å². The van der Waals surface area contributed by atoms with Crippen LogP contribution in [0, 0.1) is 5.92 Å². The SMILES string of the molecule is COc1cc(C(=O)Nc2ccc(N3CCC(C)CC3)nc2)cc(OC)c1OC. The fourth-order valence-corrected chi connectivity index (χ4v) is 3.30. The molecule has 1 aromatic heterocycles. The quantitative estimate of drug-likeness (QED) is 0.819. The number of ether oxygens (including phenoxy) is 3. The van der Waals surface area contributed by atoms with Crippen LogP contribution in [-0.4, -0.2) is 45.3 Å². The zero-order valence-corrected chi connectivity index (χ0v) is 16.8. The number of piperidine rings is 1. The Balaban J connectivity index is 1.72. The second-order valence-electron chi connectivity index (χ2n) is 6.94. The van der Waals surface area contributed by atoms with Gasteiger partial charge in [0.25, 0.3) is 5.91 Å². The van der Waals surface area contributed by atoms with Gasteiger partial charge in [-0.2, -0.15) is 0 Å². The highest BCUT2D eigenvalue weighted by molar-refractivity contribution is 6.05. The molecule has 0 aliphatic carbocycles. The van der Waals surface area contributed by atoms with Crippen molar-refractivity contribution in [2.45, 2.75) is 19.8 Å². The highest BCUT2D eigenvalue weighted by atomic mass is 16.5.